The molecule has 28 heteroatoms. The molecule has 0 heterocycles. The topological polar surface area (TPSA) is 58.2 Å². The van der Waals surface area contributed by atoms with Crippen LogP contribution in [0.3, 0.4) is 0 Å². The van der Waals surface area contributed by atoms with Crippen LogP contribution in [0.1, 0.15) is 12.8 Å². The van der Waals surface area contributed by atoms with Crippen LogP contribution in [0.5, 0.6) is 0 Å². The van der Waals surface area contributed by atoms with Crippen molar-refractivity contribution in [3.05, 3.63) is 0 Å². The molecule has 0 aromatic carbocycles. The van der Waals surface area contributed by atoms with Gasteiger partial charge in [0.05, 0.1) is 52.8 Å². The summed E-state index contributed by atoms with van der Waals surface area (Å²) in [6.07, 6.45) is -18.4. The maximum Gasteiger partial charge on any atom is 0.460 e. The molecule has 0 aliphatic heterocycles. The Morgan fingerprint density at radius 1 is 0.481 bits per heavy atom. The summed E-state index contributed by atoms with van der Waals surface area (Å²) >= 11 is 0. The quantitative estimate of drug-likeness (QED) is 0.0763. The van der Waals surface area contributed by atoms with E-state index in [4.69, 9.17) is 0 Å². The Balaban J connectivity index is -0.0000120. The molecule has 314 valence electrons. The van der Waals surface area contributed by atoms with Gasteiger partial charge in [-0.2, -0.15) is 79.0 Å². The molecular formula is C24H34Br2F18N4O2S2. The summed E-state index contributed by atoms with van der Waals surface area (Å²) < 4.78 is 232. The van der Waals surface area contributed by atoms with E-state index in [-0.39, 0.29) is 56.0 Å². The Bertz CT molecular complexity index is 1060. The van der Waals surface area contributed by atoms with Crippen LogP contribution in [0.25, 0.3) is 0 Å². The van der Waals surface area contributed by atoms with Crippen molar-refractivity contribution in [2.45, 2.75) is 60.7 Å². The van der Waals surface area contributed by atoms with Crippen LogP contribution in [-0.2, 0) is 9.59 Å². The number of quaternary nitrogens is 2. The molecule has 0 spiro atoms. The van der Waals surface area contributed by atoms with E-state index in [0.717, 1.165) is 0 Å². The van der Waals surface area contributed by atoms with Gasteiger partial charge in [0.1, 0.15) is 0 Å². The first kappa shape index (κ1) is 55.6. The molecule has 2 N–H and O–H groups in total. The van der Waals surface area contributed by atoms with Crippen LogP contribution < -0.4 is 44.6 Å². The molecule has 0 bridgehead atoms. The number of amides is 2. The highest BCUT2D eigenvalue weighted by Gasteiger charge is 2.82. The lowest BCUT2D eigenvalue weighted by molar-refractivity contribution is -0.879. The van der Waals surface area contributed by atoms with Crippen molar-refractivity contribution in [1.29, 1.82) is 0 Å². The highest BCUT2D eigenvalue weighted by atomic mass is 79.9. The van der Waals surface area contributed by atoms with Crippen LogP contribution in [0.4, 0.5) is 79.0 Å². The fourth-order valence-corrected chi connectivity index (χ4v) is 6.11. The Labute approximate surface area is 314 Å². The van der Waals surface area contributed by atoms with Crippen molar-refractivity contribution < 1.29 is 132 Å². The minimum Gasteiger partial charge on any atom is -1.00 e. The van der Waals surface area contributed by atoms with Gasteiger partial charge in [0, 0.05) is 25.9 Å². The van der Waals surface area contributed by atoms with Crippen LogP contribution in [0.15, 0.2) is 0 Å². The number of nitrogens with one attached hydrogen (secondary N) is 2. The predicted octanol–water partition coefficient (Wildman–Crippen LogP) is 0.478. The number of hydrogen-bond acceptors (Lipinski definition) is 4. The average molecular weight is 976 g/mol. The number of rotatable bonds is 21. The first-order valence-corrected chi connectivity index (χ1v) is 16.2. The third kappa shape index (κ3) is 14.7. The van der Waals surface area contributed by atoms with Gasteiger partial charge in [-0.1, -0.05) is 21.6 Å². The molecule has 0 unspecified atom stereocenters. The molecular weight excluding hydrogens is 942 g/mol. The van der Waals surface area contributed by atoms with Gasteiger partial charge in [0.25, 0.3) is 11.8 Å². The number of likely N-dealkylation sites (N-methyl/N-ethyl adjacent to an activating group) is 2. The molecule has 0 aliphatic rings. The first-order chi connectivity index (χ1) is 21.9. The van der Waals surface area contributed by atoms with Crippen molar-refractivity contribution in [1.82, 2.24) is 10.6 Å². The lowest BCUT2D eigenvalue weighted by Gasteiger charge is -2.33. The summed E-state index contributed by atoms with van der Waals surface area (Å²) in [4.78, 5) is 24.1. The third-order valence-corrected chi connectivity index (χ3v) is 9.09. The smallest absolute Gasteiger partial charge is 0.460 e. The van der Waals surface area contributed by atoms with Gasteiger partial charge in [-0.3, -0.25) is 9.59 Å². The second kappa shape index (κ2) is 19.4. The fraction of sp³-hybridized carbons (Fsp3) is 0.917. The maximum absolute atomic E-state index is 13.6. The van der Waals surface area contributed by atoms with E-state index in [0.29, 0.717) is 11.5 Å². The SMILES string of the molecule is C[N+](C)(CCSSCC[N+](C)(C)CC(=O)NCCC(F)(F)C(F)(F)C(F)(F)C(F)(F)F)CC(=O)NCCC(F)(F)C(F)(F)C(F)(F)C(F)(F)F.[Br-].[Br-]. The zero-order valence-corrected chi connectivity index (χ0v) is 32.0. The molecule has 0 aromatic heterocycles. The van der Waals surface area contributed by atoms with E-state index >= 15 is 0 Å². The monoisotopic (exact) mass is 974 g/mol. The standard InChI is InChI=1S/C24H32F18N4O2S2.2BrH/c1-45(2,13-15(47)43-7-5-17(25,26)19(29,30)21(33,34)23(37,38)39)9-11-49-50-12-10-46(3,4)14-16(48)44-8-6-18(27,28)20(31,32)22(35,36)24(40,41)42;;/h5-14H2,1-4H3;2*1H. The van der Waals surface area contributed by atoms with Crippen molar-refractivity contribution in [3.8, 4) is 0 Å². The molecule has 0 fully saturated rings. The highest BCUT2D eigenvalue weighted by Crippen LogP contribution is 2.55. The lowest BCUT2D eigenvalue weighted by Crippen LogP contribution is -3.00. The summed E-state index contributed by atoms with van der Waals surface area (Å²) in [6, 6.07) is 0. The van der Waals surface area contributed by atoms with E-state index in [1.54, 1.807) is 10.6 Å². The zero-order chi connectivity index (χ0) is 40.1. The van der Waals surface area contributed by atoms with E-state index < -0.39 is 98.7 Å². The molecule has 0 aromatic rings. The highest BCUT2D eigenvalue weighted by molar-refractivity contribution is 8.76. The summed E-state index contributed by atoms with van der Waals surface area (Å²) in [5, 5.41) is 3.51. The van der Waals surface area contributed by atoms with E-state index in [2.05, 4.69) is 0 Å². The Kier molecular flexibility index (Phi) is 20.8. The molecule has 0 saturated carbocycles. The minimum atomic E-state index is -7.04. The molecule has 0 saturated heterocycles. The van der Waals surface area contributed by atoms with Gasteiger partial charge in [-0.25, -0.2) is 0 Å². The van der Waals surface area contributed by atoms with Gasteiger partial charge < -0.3 is 53.6 Å². The van der Waals surface area contributed by atoms with Gasteiger partial charge >= 0.3 is 47.9 Å². The van der Waals surface area contributed by atoms with Crippen LogP contribution in [0, 0.1) is 0 Å². The number of halogens is 20. The Morgan fingerprint density at radius 3 is 0.962 bits per heavy atom. The van der Waals surface area contributed by atoms with E-state index in [1.165, 1.54) is 49.8 Å². The maximum atomic E-state index is 13.6. The first-order valence-electron chi connectivity index (χ1n) is 13.7. The molecule has 0 aliphatic carbocycles. The van der Waals surface area contributed by atoms with Crippen LogP contribution >= 0.6 is 21.6 Å². The molecule has 52 heavy (non-hydrogen) atoms. The number of carbonyl (C=O) groups is 2. The number of alkyl halides is 18. The average Bonchev–Trinajstić information content (AvgIpc) is 2.87. The van der Waals surface area contributed by atoms with Crippen molar-refractivity contribution in [3.63, 3.8) is 0 Å². The normalized spacial score (nSPS) is 14.3. The number of hydrogen-bond donors (Lipinski definition) is 2. The Morgan fingerprint density at radius 2 is 0.731 bits per heavy atom. The molecule has 0 atom stereocenters. The summed E-state index contributed by atoms with van der Waals surface area (Å²) in [7, 11) is 8.39. The number of carbonyl (C=O) groups excluding carboxylic acids is 2. The fourth-order valence-electron chi connectivity index (χ4n) is 3.58. The van der Waals surface area contributed by atoms with Gasteiger partial charge in [-0.05, 0) is 0 Å². The molecule has 0 rings (SSSR count). The Hall–Kier alpha value is -0.740. The van der Waals surface area contributed by atoms with Crippen molar-refractivity contribution >= 4 is 33.4 Å². The minimum absolute atomic E-state index is 0. The summed E-state index contributed by atoms with van der Waals surface area (Å²) in [5.41, 5.74) is 0. The van der Waals surface area contributed by atoms with Gasteiger partial charge in [0.2, 0.25) is 0 Å². The number of nitrogens with zero attached hydrogens (tertiary/aromatic N) is 2. The predicted molar refractivity (Wildman–Crippen MR) is 146 cm³/mol. The van der Waals surface area contributed by atoms with Crippen LogP contribution in [-0.4, -0.2) is 148 Å². The third-order valence-electron chi connectivity index (χ3n) is 6.73. The largest absolute Gasteiger partial charge is 1.00 e. The van der Waals surface area contributed by atoms with Gasteiger partial charge in [-0.15, -0.1) is 0 Å². The second-order valence-corrected chi connectivity index (χ2v) is 14.9. The summed E-state index contributed by atoms with van der Waals surface area (Å²) in [5.74, 6) is -40.7. The molecule has 0 radical (unpaired) electrons. The molecule has 2 amide bonds. The lowest BCUT2D eigenvalue weighted by atomic mass is 10.0. The van der Waals surface area contributed by atoms with Crippen LogP contribution in [0.2, 0.25) is 0 Å². The van der Waals surface area contributed by atoms with Crippen molar-refractivity contribution in [2.75, 3.05) is 79.0 Å². The summed E-state index contributed by atoms with van der Waals surface area (Å²) in [6.45, 7) is -3.16. The van der Waals surface area contributed by atoms with E-state index in [9.17, 15) is 88.6 Å². The van der Waals surface area contributed by atoms with Gasteiger partial charge in [0.15, 0.2) is 13.1 Å². The van der Waals surface area contributed by atoms with Crippen molar-refractivity contribution in [2.24, 2.45) is 0 Å². The van der Waals surface area contributed by atoms with E-state index in [1.807, 2.05) is 0 Å². The molecule has 6 nitrogen and oxygen atoms in total. The second-order valence-electron chi connectivity index (χ2n) is 12.2. The zero-order valence-electron chi connectivity index (χ0n) is 27.2.